The SMILES string of the molecule is COc1cc(F)c(-c2nc([C@H]3CCOC3)no2)c(F)c1. The number of halogens is 2. The van der Waals surface area contributed by atoms with Gasteiger partial charge in [-0.3, -0.25) is 0 Å². The maximum Gasteiger partial charge on any atom is 0.263 e. The summed E-state index contributed by atoms with van der Waals surface area (Å²) in [6.07, 6.45) is 0.770. The Balaban J connectivity index is 1.96. The van der Waals surface area contributed by atoms with Crippen molar-refractivity contribution >= 4 is 0 Å². The lowest BCUT2D eigenvalue weighted by Gasteiger charge is -2.03. The predicted molar refractivity (Wildman–Crippen MR) is 64.4 cm³/mol. The molecule has 0 bridgehead atoms. The molecule has 0 aliphatic carbocycles. The number of rotatable bonds is 3. The van der Waals surface area contributed by atoms with E-state index in [1.165, 1.54) is 7.11 Å². The molecule has 106 valence electrons. The predicted octanol–water partition coefficient (Wildman–Crippen LogP) is 2.53. The number of benzene rings is 1. The number of nitrogens with zero attached hydrogens (tertiary/aromatic N) is 2. The molecule has 1 aliphatic heterocycles. The van der Waals surface area contributed by atoms with Crippen molar-refractivity contribution in [2.75, 3.05) is 20.3 Å². The number of ether oxygens (including phenoxy) is 2. The maximum atomic E-state index is 13.9. The van der Waals surface area contributed by atoms with Gasteiger partial charge in [-0.25, -0.2) is 8.78 Å². The first-order chi connectivity index (χ1) is 9.69. The average Bonchev–Trinajstić information content (AvgIpc) is 3.08. The van der Waals surface area contributed by atoms with Crippen LogP contribution in [-0.2, 0) is 4.74 Å². The Morgan fingerprint density at radius 3 is 2.65 bits per heavy atom. The summed E-state index contributed by atoms with van der Waals surface area (Å²) in [4.78, 5) is 4.06. The molecule has 1 aliphatic rings. The largest absolute Gasteiger partial charge is 0.497 e. The summed E-state index contributed by atoms with van der Waals surface area (Å²) in [5.41, 5.74) is -0.344. The van der Waals surface area contributed by atoms with Crippen molar-refractivity contribution < 1.29 is 22.8 Å². The number of hydrogen-bond donors (Lipinski definition) is 0. The fourth-order valence-electron chi connectivity index (χ4n) is 2.11. The zero-order valence-electron chi connectivity index (χ0n) is 10.7. The van der Waals surface area contributed by atoms with E-state index in [9.17, 15) is 8.78 Å². The fraction of sp³-hybridized carbons (Fsp3) is 0.385. The lowest BCUT2D eigenvalue weighted by atomic mass is 10.1. The summed E-state index contributed by atoms with van der Waals surface area (Å²) in [6, 6.07) is 2.14. The van der Waals surface area contributed by atoms with Crippen LogP contribution in [-0.4, -0.2) is 30.5 Å². The summed E-state index contributed by atoms with van der Waals surface area (Å²) in [6.45, 7) is 1.12. The molecule has 7 heteroatoms. The van der Waals surface area contributed by atoms with Crippen molar-refractivity contribution in [1.82, 2.24) is 10.1 Å². The van der Waals surface area contributed by atoms with Crippen LogP contribution in [0.1, 0.15) is 18.2 Å². The van der Waals surface area contributed by atoms with E-state index in [2.05, 4.69) is 10.1 Å². The molecule has 0 spiro atoms. The van der Waals surface area contributed by atoms with Crippen LogP contribution in [0, 0.1) is 11.6 Å². The van der Waals surface area contributed by atoms with Gasteiger partial charge in [0.15, 0.2) is 5.82 Å². The van der Waals surface area contributed by atoms with Crippen molar-refractivity contribution in [3.63, 3.8) is 0 Å². The molecule has 1 aromatic heterocycles. The van der Waals surface area contributed by atoms with E-state index in [0.717, 1.165) is 18.6 Å². The number of hydrogen-bond acceptors (Lipinski definition) is 5. The highest BCUT2D eigenvalue weighted by Gasteiger charge is 2.25. The Kier molecular flexibility index (Phi) is 3.35. The second-order valence-corrected chi connectivity index (χ2v) is 4.48. The minimum atomic E-state index is -0.806. The lowest BCUT2D eigenvalue weighted by molar-refractivity contribution is 0.192. The van der Waals surface area contributed by atoms with Crippen molar-refractivity contribution in [3.8, 4) is 17.2 Å². The van der Waals surface area contributed by atoms with Gasteiger partial charge < -0.3 is 14.0 Å². The topological polar surface area (TPSA) is 57.4 Å². The van der Waals surface area contributed by atoms with Gasteiger partial charge in [-0.2, -0.15) is 4.98 Å². The van der Waals surface area contributed by atoms with Gasteiger partial charge in [0.25, 0.3) is 5.89 Å². The first-order valence-corrected chi connectivity index (χ1v) is 6.14. The van der Waals surface area contributed by atoms with Gasteiger partial charge in [-0.15, -0.1) is 0 Å². The van der Waals surface area contributed by atoms with Gasteiger partial charge in [-0.05, 0) is 6.42 Å². The number of aromatic nitrogens is 2. The van der Waals surface area contributed by atoms with Crippen molar-refractivity contribution in [2.45, 2.75) is 12.3 Å². The van der Waals surface area contributed by atoms with Gasteiger partial charge in [0.1, 0.15) is 22.9 Å². The number of methoxy groups -OCH3 is 1. The highest BCUT2D eigenvalue weighted by molar-refractivity contribution is 5.56. The maximum absolute atomic E-state index is 13.9. The van der Waals surface area contributed by atoms with Gasteiger partial charge in [-0.1, -0.05) is 5.16 Å². The summed E-state index contributed by atoms with van der Waals surface area (Å²) >= 11 is 0. The van der Waals surface area contributed by atoms with Crippen LogP contribution in [0.3, 0.4) is 0 Å². The molecular weight excluding hydrogens is 270 g/mol. The molecule has 0 unspecified atom stereocenters. The van der Waals surface area contributed by atoms with Crippen LogP contribution < -0.4 is 4.74 Å². The van der Waals surface area contributed by atoms with Crippen LogP contribution in [0.15, 0.2) is 16.7 Å². The van der Waals surface area contributed by atoms with Gasteiger partial charge in [0, 0.05) is 24.7 Å². The molecule has 1 aromatic carbocycles. The van der Waals surface area contributed by atoms with Gasteiger partial charge in [0.05, 0.1) is 13.7 Å². The molecule has 3 rings (SSSR count). The summed E-state index contributed by atoms with van der Waals surface area (Å²) in [5, 5.41) is 3.77. The van der Waals surface area contributed by atoms with E-state index in [1.807, 2.05) is 0 Å². The highest BCUT2D eigenvalue weighted by atomic mass is 19.1. The van der Waals surface area contributed by atoms with E-state index in [1.54, 1.807) is 0 Å². The Labute approximate surface area is 113 Å². The molecule has 0 saturated carbocycles. The molecule has 1 atom stereocenters. The van der Waals surface area contributed by atoms with E-state index in [4.69, 9.17) is 14.0 Å². The zero-order chi connectivity index (χ0) is 14.1. The zero-order valence-corrected chi connectivity index (χ0v) is 10.7. The van der Waals surface area contributed by atoms with Crippen molar-refractivity contribution in [3.05, 3.63) is 29.6 Å². The quantitative estimate of drug-likeness (QED) is 0.865. The second-order valence-electron chi connectivity index (χ2n) is 4.48. The van der Waals surface area contributed by atoms with E-state index in [0.29, 0.717) is 19.0 Å². The molecule has 0 N–H and O–H groups in total. The standard InChI is InChI=1S/C13H12F2N2O3/c1-18-8-4-9(14)11(10(15)5-8)13-16-12(17-20-13)7-2-3-19-6-7/h4-5,7H,2-3,6H2,1H3/t7-/m0/s1. The van der Waals surface area contributed by atoms with E-state index < -0.39 is 11.6 Å². The molecule has 1 fully saturated rings. The van der Waals surface area contributed by atoms with Crippen molar-refractivity contribution in [1.29, 1.82) is 0 Å². The van der Waals surface area contributed by atoms with Crippen LogP contribution in [0.5, 0.6) is 5.75 Å². The molecule has 2 heterocycles. The monoisotopic (exact) mass is 282 g/mol. The van der Waals surface area contributed by atoms with Crippen LogP contribution in [0.25, 0.3) is 11.5 Å². The molecule has 20 heavy (non-hydrogen) atoms. The average molecular weight is 282 g/mol. The summed E-state index contributed by atoms with van der Waals surface area (Å²) in [5.74, 6) is -1.28. The molecule has 2 aromatic rings. The summed E-state index contributed by atoms with van der Waals surface area (Å²) in [7, 11) is 1.33. The molecular formula is C13H12F2N2O3. The third-order valence-corrected chi connectivity index (χ3v) is 3.20. The third kappa shape index (κ3) is 2.24. The second kappa shape index (κ2) is 5.16. The van der Waals surface area contributed by atoms with E-state index >= 15 is 0 Å². The van der Waals surface area contributed by atoms with E-state index in [-0.39, 0.29) is 23.1 Å². The Hall–Kier alpha value is -2.02. The first-order valence-electron chi connectivity index (χ1n) is 6.14. The molecule has 1 saturated heterocycles. The lowest BCUT2D eigenvalue weighted by Crippen LogP contribution is -2.00. The Morgan fingerprint density at radius 1 is 1.30 bits per heavy atom. The summed E-state index contributed by atoms with van der Waals surface area (Å²) < 4.78 is 42.8. The minimum Gasteiger partial charge on any atom is -0.497 e. The third-order valence-electron chi connectivity index (χ3n) is 3.20. The normalized spacial score (nSPS) is 18.4. The van der Waals surface area contributed by atoms with Crippen LogP contribution >= 0.6 is 0 Å². The van der Waals surface area contributed by atoms with Gasteiger partial charge >= 0.3 is 0 Å². The van der Waals surface area contributed by atoms with Crippen molar-refractivity contribution in [2.24, 2.45) is 0 Å². The smallest absolute Gasteiger partial charge is 0.263 e. The van der Waals surface area contributed by atoms with Crippen LogP contribution in [0.2, 0.25) is 0 Å². The Morgan fingerprint density at radius 2 is 2.05 bits per heavy atom. The first kappa shape index (κ1) is 13.0. The molecule has 0 radical (unpaired) electrons. The highest BCUT2D eigenvalue weighted by Crippen LogP contribution is 2.30. The molecule has 5 nitrogen and oxygen atoms in total. The fourth-order valence-corrected chi connectivity index (χ4v) is 2.11. The Bertz CT molecular complexity index is 601. The van der Waals surface area contributed by atoms with Gasteiger partial charge in [0.2, 0.25) is 0 Å². The van der Waals surface area contributed by atoms with Crippen LogP contribution in [0.4, 0.5) is 8.78 Å². The molecule has 0 amide bonds. The minimum absolute atomic E-state index is 0.0110.